The highest BCUT2D eigenvalue weighted by atomic mass is 28.4. The fourth-order valence-electron chi connectivity index (χ4n) is 1.39. The summed E-state index contributed by atoms with van der Waals surface area (Å²) < 4.78 is 15.9. The molecule has 0 aliphatic heterocycles. The lowest BCUT2D eigenvalue weighted by Crippen LogP contribution is -2.43. The molecule has 0 saturated carbocycles. The quantitative estimate of drug-likeness (QED) is 0.366. The smallest absolute Gasteiger partial charge is 0.377 e. The Morgan fingerprint density at radius 2 is 1.71 bits per heavy atom. The van der Waals surface area contributed by atoms with Crippen LogP contribution in [0.2, 0.25) is 6.04 Å². The first kappa shape index (κ1) is 16.3. The van der Waals surface area contributed by atoms with E-state index >= 15 is 0 Å². The zero-order chi connectivity index (χ0) is 13.1. The van der Waals surface area contributed by atoms with Gasteiger partial charge in [-0.25, -0.2) is 4.79 Å². The number of rotatable bonds is 10. The van der Waals surface area contributed by atoms with Crippen LogP contribution in [0.1, 0.15) is 6.42 Å². The van der Waals surface area contributed by atoms with Crippen LogP contribution in [0.5, 0.6) is 0 Å². The molecule has 0 unspecified atom stereocenters. The number of carbonyl (C=O) groups is 1. The average molecular weight is 265 g/mol. The number of primary amides is 1. The predicted octanol–water partition coefficient (Wildman–Crippen LogP) is -0.487. The maximum atomic E-state index is 10.4. The number of urea groups is 1. The number of carbonyl (C=O) groups excluding carboxylic acids is 1. The zero-order valence-electron chi connectivity index (χ0n) is 10.7. The first-order valence-corrected chi connectivity index (χ1v) is 7.43. The summed E-state index contributed by atoms with van der Waals surface area (Å²) in [6, 6.07) is 0.253. The van der Waals surface area contributed by atoms with Gasteiger partial charge in [-0.1, -0.05) is 0 Å². The summed E-state index contributed by atoms with van der Waals surface area (Å²) in [5, 5.41) is 5.67. The highest BCUT2D eigenvalue weighted by molar-refractivity contribution is 6.60. The average Bonchev–Trinajstić information content (AvgIpc) is 2.33. The van der Waals surface area contributed by atoms with Crippen molar-refractivity contribution in [2.24, 2.45) is 5.73 Å². The van der Waals surface area contributed by atoms with E-state index in [1.54, 1.807) is 21.3 Å². The van der Waals surface area contributed by atoms with Crippen LogP contribution in [-0.2, 0) is 13.3 Å². The number of nitrogens with one attached hydrogen (secondary N) is 2. The van der Waals surface area contributed by atoms with Gasteiger partial charge >= 0.3 is 14.8 Å². The Labute approximate surface area is 103 Å². The molecule has 0 rings (SSSR count). The van der Waals surface area contributed by atoms with Crippen molar-refractivity contribution in [1.82, 2.24) is 10.6 Å². The third-order valence-corrected chi connectivity index (χ3v) is 5.20. The molecule has 0 aromatic heterocycles. The standard InChI is InChI=1S/C9H23N3O4Si/c1-14-17(15-2,16-3)8-4-5-11-6-7-12-9(10)13/h11H,4-8H2,1-3H3,(H3,10,12,13). The molecule has 0 radical (unpaired) electrons. The topological polar surface area (TPSA) is 94.8 Å². The minimum absolute atomic E-state index is 0.503. The summed E-state index contributed by atoms with van der Waals surface area (Å²) in [4.78, 5) is 10.4. The van der Waals surface area contributed by atoms with Crippen LogP contribution in [0, 0.1) is 0 Å². The van der Waals surface area contributed by atoms with Crippen molar-refractivity contribution < 1.29 is 18.1 Å². The minimum atomic E-state index is -2.43. The summed E-state index contributed by atoms with van der Waals surface area (Å²) in [7, 11) is 2.37. The van der Waals surface area contributed by atoms with Gasteiger partial charge in [0, 0.05) is 40.5 Å². The second kappa shape index (κ2) is 9.37. The Morgan fingerprint density at radius 3 is 2.18 bits per heavy atom. The lowest BCUT2D eigenvalue weighted by atomic mass is 10.4. The van der Waals surface area contributed by atoms with Crippen molar-refractivity contribution in [2.75, 3.05) is 41.0 Å². The zero-order valence-corrected chi connectivity index (χ0v) is 11.7. The van der Waals surface area contributed by atoms with Gasteiger partial charge in [0.15, 0.2) is 0 Å². The monoisotopic (exact) mass is 265 g/mol. The number of hydrogen-bond acceptors (Lipinski definition) is 5. The number of amides is 2. The SMILES string of the molecule is CO[Si](CCCNCCNC(N)=O)(OC)OC. The molecule has 0 fully saturated rings. The molecule has 0 aliphatic rings. The lowest BCUT2D eigenvalue weighted by molar-refractivity contribution is 0.123. The number of hydrogen-bond donors (Lipinski definition) is 3. The van der Waals surface area contributed by atoms with Crippen molar-refractivity contribution in [1.29, 1.82) is 0 Å². The van der Waals surface area contributed by atoms with Gasteiger partial charge in [-0.15, -0.1) is 0 Å². The maximum Gasteiger partial charge on any atom is 0.500 e. The van der Waals surface area contributed by atoms with E-state index in [1.165, 1.54) is 0 Å². The molecule has 0 bridgehead atoms. The van der Waals surface area contributed by atoms with Gasteiger partial charge in [-0.05, 0) is 13.0 Å². The van der Waals surface area contributed by atoms with Crippen molar-refractivity contribution in [2.45, 2.75) is 12.5 Å². The molecule has 2 amide bonds. The van der Waals surface area contributed by atoms with E-state index < -0.39 is 14.8 Å². The molecule has 17 heavy (non-hydrogen) atoms. The van der Waals surface area contributed by atoms with E-state index in [0.717, 1.165) is 19.0 Å². The van der Waals surface area contributed by atoms with E-state index in [1.807, 2.05) is 0 Å². The van der Waals surface area contributed by atoms with E-state index in [2.05, 4.69) is 10.6 Å². The molecule has 0 heterocycles. The molecule has 0 atom stereocenters. The summed E-state index contributed by atoms with van der Waals surface area (Å²) in [6.45, 7) is 2.02. The van der Waals surface area contributed by atoms with E-state index in [4.69, 9.17) is 19.0 Å². The van der Waals surface area contributed by atoms with Crippen LogP contribution < -0.4 is 16.4 Å². The molecule has 0 aliphatic carbocycles. The Morgan fingerprint density at radius 1 is 1.12 bits per heavy atom. The molecule has 0 aromatic rings. The molecule has 102 valence electrons. The molecule has 7 nitrogen and oxygen atoms in total. The van der Waals surface area contributed by atoms with Crippen molar-refractivity contribution in [3.05, 3.63) is 0 Å². The van der Waals surface area contributed by atoms with Crippen molar-refractivity contribution >= 4 is 14.8 Å². The fraction of sp³-hybridized carbons (Fsp3) is 0.889. The fourth-order valence-corrected chi connectivity index (χ4v) is 3.11. The molecular formula is C9H23N3O4Si. The third kappa shape index (κ3) is 7.29. The second-order valence-corrected chi connectivity index (χ2v) is 6.53. The Bertz CT molecular complexity index is 206. The van der Waals surface area contributed by atoms with Gasteiger partial charge in [0.2, 0.25) is 0 Å². The van der Waals surface area contributed by atoms with Crippen LogP contribution >= 0.6 is 0 Å². The van der Waals surface area contributed by atoms with Crippen LogP contribution in [0.4, 0.5) is 4.79 Å². The van der Waals surface area contributed by atoms with Crippen molar-refractivity contribution in [3.8, 4) is 0 Å². The predicted molar refractivity (Wildman–Crippen MR) is 66.7 cm³/mol. The first-order valence-electron chi connectivity index (χ1n) is 5.49. The van der Waals surface area contributed by atoms with Gasteiger partial charge in [0.05, 0.1) is 0 Å². The highest BCUT2D eigenvalue weighted by Gasteiger charge is 2.36. The van der Waals surface area contributed by atoms with Crippen LogP contribution in [0.3, 0.4) is 0 Å². The number of nitrogens with two attached hydrogens (primary N) is 1. The van der Waals surface area contributed by atoms with Crippen LogP contribution in [-0.4, -0.2) is 55.8 Å². The minimum Gasteiger partial charge on any atom is -0.377 e. The third-order valence-electron chi connectivity index (χ3n) is 2.37. The second-order valence-electron chi connectivity index (χ2n) is 3.44. The largest absolute Gasteiger partial charge is 0.500 e. The summed E-state index contributed by atoms with van der Waals surface area (Å²) in [6.07, 6.45) is 0.887. The summed E-state index contributed by atoms with van der Waals surface area (Å²) >= 11 is 0. The van der Waals surface area contributed by atoms with Gasteiger partial charge in [-0.2, -0.15) is 0 Å². The summed E-state index contributed by atoms with van der Waals surface area (Å²) in [5.74, 6) is 0. The Kier molecular flexibility index (Phi) is 9.00. The molecule has 8 heteroatoms. The Balaban J connectivity index is 3.52. The first-order chi connectivity index (χ1) is 8.10. The van der Waals surface area contributed by atoms with Gasteiger partial charge < -0.3 is 29.6 Å². The molecule has 0 saturated heterocycles. The molecule has 4 N–H and O–H groups in total. The highest BCUT2D eigenvalue weighted by Crippen LogP contribution is 2.14. The van der Waals surface area contributed by atoms with Gasteiger partial charge in [-0.3, -0.25) is 0 Å². The molecule has 0 aromatic carbocycles. The van der Waals surface area contributed by atoms with E-state index in [-0.39, 0.29) is 0 Å². The Hall–Kier alpha value is -0.673. The van der Waals surface area contributed by atoms with Gasteiger partial charge in [0.1, 0.15) is 0 Å². The normalized spacial score (nSPS) is 11.5. The maximum absolute atomic E-state index is 10.4. The van der Waals surface area contributed by atoms with Crippen LogP contribution in [0.15, 0.2) is 0 Å². The van der Waals surface area contributed by atoms with Crippen LogP contribution in [0.25, 0.3) is 0 Å². The van der Waals surface area contributed by atoms with E-state index in [0.29, 0.717) is 13.1 Å². The summed E-state index contributed by atoms with van der Waals surface area (Å²) in [5.41, 5.74) is 4.92. The lowest BCUT2D eigenvalue weighted by Gasteiger charge is -2.24. The van der Waals surface area contributed by atoms with Crippen molar-refractivity contribution in [3.63, 3.8) is 0 Å². The molecule has 0 spiro atoms. The molecular weight excluding hydrogens is 242 g/mol. The van der Waals surface area contributed by atoms with E-state index in [9.17, 15) is 4.79 Å². The van der Waals surface area contributed by atoms with Gasteiger partial charge in [0.25, 0.3) is 0 Å².